The van der Waals surface area contributed by atoms with E-state index in [1.807, 2.05) is 78.9 Å². The van der Waals surface area contributed by atoms with Crippen molar-refractivity contribution in [1.82, 2.24) is 0 Å². The number of fused-ring (bicyclic) bond motifs is 9. The van der Waals surface area contributed by atoms with Gasteiger partial charge in [-0.25, -0.2) is 0 Å². The van der Waals surface area contributed by atoms with Crippen LogP contribution in [0.15, 0.2) is 203 Å². The maximum atomic E-state index is 6.37. The first kappa shape index (κ1) is 38.0. The highest BCUT2D eigenvalue weighted by atomic mass is 32.1. The summed E-state index contributed by atoms with van der Waals surface area (Å²) in [6.07, 6.45) is 1.75. The number of furan rings is 2. The lowest BCUT2D eigenvalue weighted by atomic mass is 10.0. The fourth-order valence-corrected chi connectivity index (χ4v) is 8.49. The van der Waals surface area contributed by atoms with E-state index in [0.29, 0.717) is 0 Å². The van der Waals surface area contributed by atoms with Crippen LogP contribution < -0.4 is 4.90 Å². The Labute approximate surface area is 343 Å². The predicted octanol–water partition coefficient (Wildman–Crippen LogP) is 16.8. The van der Waals surface area contributed by atoms with Crippen molar-refractivity contribution in [3.63, 3.8) is 0 Å². The predicted molar refractivity (Wildman–Crippen MR) is 252 cm³/mol. The van der Waals surface area contributed by atoms with E-state index in [9.17, 15) is 0 Å². The topological polar surface area (TPSA) is 29.5 Å². The molecule has 0 bridgehead atoms. The van der Waals surface area contributed by atoms with Crippen LogP contribution in [-0.4, -0.2) is 0 Å². The summed E-state index contributed by atoms with van der Waals surface area (Å²) in [5.41, 5.74) is 10.7. The number of para-hydroxylation sites is 2. The van der Waals surface area contributed by atoms with Gasteiger partial charge in [-0.2, -0.15) is 0 Å². The van der Waals surface area contributed by atoms with Crippen LogP contribution in [0, 0.1) is 20.8 Å². The Morgan fingerprint density at radius 2 is 0.966 bits per heavy atom. The summed E-state index contributed by atoms with van der Waals surface area (Å²) in [5.74, 6) is 0. The third-order valence-electron chi connectivity index (χ3n) is 9.99. The van der Waals surface area contributed by atoms with Crippen LogP contribution in [0.2, 0.25) is 0 Å². The Kier molecular flexibility index (Phi) is 11.2. The Morgan fingerprint density at radius 3 is 1.62 bits per heavy atom. The molecule has 0 radical (unpaired) electrons. The normalized spacial score (nSPS) is 10.8. The van der Waals surface area contributed by atoms with Gasteiger partial charge < -0.3 is 13.7 Å². The molecule has 0 aliphatic carbocycles. The summed E-state index contributed by atoms with van der Waals surface area (Å²) < 4.78 is 15.3. The highest BCUT2D eigenvalue weighted by Gasteiger charge is 2.23. The average molecular weight is 772 g/mol. The van der Waals surface area contributed by atoms with Crippen molar-refractivity contribution in [1.29, 1.82) is 0 Å². The van der Waals surface area contributed by atoms with Crippen molar-refractivity contribution >= 4 is 92.4 Å². The van der Waals surface area contributed by atoms with Gasteiger partial charge in [0.15, 0.2) is 0 Å². The van der Waals surface area contributed by atoms with Crippen molar-refractivity contribution in [2.45, 2.75) is 27.7 Å². The molecule has 11 rings (SSSR count). The molecule has 4 heteroatoms. The molecule has 3 aromatic heterocycles. The number of benzene rings is 8. The highest BCUT2D eigenvalue weighted by molar-refractivity contribution is 7.26. The van der Waals surface area contributed by atoms with Gasteiger partial charge in [0.1, 0.15) is 22.3 Å². The molecule has 0 aliphatic heterocycles. The molecule has 3 heterocycles. The molecule has 0 spiro atoms. The van der Waals surface area contributed by atoms with Crippen molar-refractivity contribution in [3.8, 4) is 0 Å². The summed E-state index contributed by atoms with van der Waals surface area (Å²) in [6, 6.07) is 63.4. The Balaban J connectivity index is 0.000000231. The smallest absolute Gasteiger partial charge is 0.137 e. The van der Waals surface area contributed by atoms with Crippen LogP contribution in [0.4, 0.5) is 17.1 Å². The van der Waals surface area contributed by atoms with Crippen molar-refractivity contribution in [3.05, 3.63) is 211 Å². The number of rotatable bonds is 3. The quantitative estimate of drug-likeness (QED) is 0.168. The van der Waals surface area contributed by atoms with Crippen molar-refractivity contribution < 1.29 is 8.83 Å². The van der Waals surface area contributed by atoms with Crippen LogP contribution in [-0.2, 0) is 0 Å². The van der Waals surface area contributed by atoms with Crippen molar-refractivity contribution in [2.75, 3.05) is 4.90 Å². The van der Waals surface area contributed by atoms with Crippen LogP contribution in [0.1, 0.15) is 23.6 Å². The van der Waals surface area contributed by atoms with Gasteiger partial charge in [-0.05, 0) is 88.4 Å². The molecule has 0 N–H and O–H groups in total. The molecule has 0 unspecified atom stereocenters. The number of aryl methyl sites for hydroxylation is 3. The molecular weight excluding hydrogens is 727 g/mol. The second-order valence-electron chi connectivity index (χ2n) is 14.3. The fourth-order valence-electron chi connectivity index (χ4n) is 7.38. The Hall–Kier alpha value is -6.88. The molecule has 8 aromatic carbocycles. The van der Waals surface area contributed by atoms with Crippen LogP contribution in [0.5, 0.6) is 0 Å². The zero-order valence-corrected chi connectivity index (χ0v) is 34.1. The van der Waals surface area contributed by atoms with Gasteiger partial charge in [0.2, 0.25) is 0 Å². The average Bonchev–Trinajstić information content (AvgIpc) is 3.94. The minimum Gasteiger partial charge on any atom is -0.456 e. The number of hydrogen-bond acceptors (Lipinski definition) is 4. The van der Waals surface area contributed by atoms with E-state index in [4.69, 9.17) is 8.83 Å². The first-order valence-electron chi connectivity index (χ1n) is 19.6. The summed E-state index contributed by atoms with van der Waals surface area (Å²) in [6.45, 7) is 11.6. The van der Waals surface area contributed by atoms with E-state index in [1.165, 1.54) is 36.9 Å². The fraction of sp³-hybridized carbons (Fsp3) is 0.0741. The first-order valence-corrected chi connectivity index (χ1v) is 20.4. The molecule has 11 aromatic rings. The van der Waals surface area contributed by atoms with Crippen LogP contribution >= 0.6 is 11.3 Å². The molecule has 58 heavy (non-hydrogen) atoms. The van der Waals surface area contributed by atoms with Gasteiger partial charge in [0, 0.05) is 48.1 Å². The van der Waals surface area contributed by atoms with Gasteiger partial charge in [-0.3, -0.25) is 0 Å². The van der Waals surface area contributed by atoms with Crippen LogP contribution in [0.3, 0.4) is 0 Å². The van der Waals surface area contributed by atoms with Crippen LogP contribution in [0.25, 0.3) is 64.0 Å². The minimum atomic E-state index is 0.871. The van der Waals surface area contributed by atoms with E-state index in [2.05, 4.69) is 154 Å². The first-order chi connectivity index (χ1) is 28.4. The zero-order valence-electron chi connectivity index (χ0n) is 33.3. The number of anilines is 3. The SMILES string of the molecule is C=CC.Cc1ccc2sc3cccc(N(c4ccc5c(c4)oc4ccccc45)c4cccc5oc6ccccc6c45)c3c2c1.Cc1ccccc1.Cc1ccccc1. The summed E-state index contributed by atoms with van der Waals surface area (Å²) in [5, 5.41) is 6.98. The third kappa shape index (κ3) is 7.75. The molecule has 0 fully saturated rings. The summed E-state index contributed by atoms with van der Waals surface area (Å²) in [4.78, 5) is 2.38. The summed E-state index contributed by atoms with van der Waals surface area (Å²) in [7, 11) is 0. The molecule has 0 saturated heterocycles. The van der Waals surface area contributed by atoms with Crippen molar-refractivity contribution in [2.24, 2.45) is 0 Å². The molecule has 3 nitrogen and oxygen atoms in total. The summed E-state index contributed by atoms with van der Waals surface area (Å²) >= 11 is 1.84. The monoisotopic (exact) mass is 771 g/mol. The lowest BCUT2D eigenvalue weighted by Crippen LogP contribution is -2.10. The van der Waals surface area contributed by atoms with Gasteiger partial charge in [-0.15, -0.1) is 17.9 Å². The van der Waals surface area contributed by atoms with Gasteiger partial charge in [0.05, 0.1) is 16.8 Å². The lowest BCUT2D eigenvalue weighted by molar-refractivity contribution is 0.669. The highest BCUT2D eigenvalue weighted by Crippen LogP contribution is 2.48. The Bertz CT molecular complexity index is 3100. The largest absolute Gasteiger partial charge is 0.456 e. The van der Waals surface area contributed by atoms with E-state index in [-0.39, 0.29) is 0 Å². The second-order valence-corrected chi connectivity index (χ2v) is 15.4. The number of thiophene rings is 1. The molecule has 284 valence electrons. The van der Waals surface area contributed by atoms with Gasteiger partial charge >= 0.3 is 0 Å². The maximum Gasteiger partial charge on any atom is 0.137 e. The van der Waals surface area contributed by atoms with E-state index in [0.717, 1.165) is 60.9 Å². The maximum absolute atomic E-state index is 6.37. The van der Waals surface area contributed by atoms with Gasteiger partial charge in [0.25, 0.3) is 0 Å². The zero-order chi connectivity index (χ0) is 40.0. The number of nitrogens with zero attached hydrogens (tertiary/aromatic N) is 1. The third-order valence-corrected chi connectivity index (χ3v) is 11.1. The molecular formula is C54H45NO2S. The molecule has 0 saturated carbocycles. The standard InChI is InChI=1S/C37H23NO2S.2C7H8.C3H6/c1-22-16-19-34-27(20-22)37-29(11-7-15-35(37)41-34)38(23-17-18-25-24-8-2-4-12-30(24)40-33(25)21-23)28-10-6-14-32-36(28)26-9-3-5-13-31(26)39-32;2*1-7-5-3-2-4-6-7;1-3-2/h2-21H,1H3;2*2-6H,1H3;3H,1H2,2H3. The molecule has 0 amide bonds. The lowest BCUT2D eigenvalue weighted by Gasteiger charge is -2.27. The van der Waals surface area contributed by atoms with Gasteiger partial charge in [-0.1, -0.05) is 138 Å². The van der Waals surface area contributed by atoms with E-state index < -0.39 is 0 Å². The second kappa shape index (κ2) is 17.1. The molecule has 0 atom stereocenters. The molecule has 0 aliphatic rings. The minimum absolute atomic E-state index is 0.871. The van der Waals surface area contributed by atoms with E-state index >= 15 is 0 Å². The number of allylic oxidation sites excluding steroid dienone is 1. The van der Waals surface area contributed by atoms with E-state index in [1.54, 1.807) is 6.08 Å². The Morgan fingerprint density at radius 1 is 0.431 bits per heavy atom. The number of hydrogen-bond donors (Lipinski definition) is 0.